The maximum atomic E-state index is 13.0. The molecule has 0 spiro atoms. The fourth-order valence-corrected chi connectivity index (χ4v) is 4.73. The van der Waals surface area contributed by atoms with Crippen LogP contribution in [0.5, 0.6) is 0 Å². The van der Waals surface area contributed by atoms with Gasteiger partial charge in [-0.25, -0.2) is 4.98 Å². The lowest BCUT2D eigenvalue weighted by Gasteiger charge is -2.46. The van der Waals surface area contributed by atoms with Gasteiger partial charge in [-0.2, -0.15) is 5.26 Å². The quantitative estimate of drug-likeness (QED) is 0.604. The number of carbonyl (C=O) groups is 1. The smallest absolute Gasteiger partial charge is 0.248 e. The molecule has 1 saturated heterocycles. The van der Waals surface area contributed by atoms with Gasteiger partial charge in [0.1, 0.15) is 18.5 Å². The summed E-state index contributed by atoms with van der Waals surface area (Å²) in [4.78, 5) is 21.7. The van der Waals surface area contributed by atoms with Crippen LogP contribution in [-0.2, 0) is 15.1 Å². The highest BCUT2D eigenvalue weighted by Crippen LogP contribution is 2.50. The van der Waals surface area contributed by atoms with Gasteiger partial charge in [-0.05, 0) is 56.0 Å². The number of amides is 1. The van der Waals surface area contributed by atoms with Gasteiger partial charge in [-0.15, -0.1) is 0 Å². The fourth-order valence-electron chi connectivity index (χ4n) is 4.43. The Morgan fingerprint density at radius 1 is 1.25 bits per heavy atom. The number of hydrogen-bond acceptors (Lipinski definition) is 5. The van der Waals surface area contributed by atoms with Crippen molar-refractivity contribution in [2.24, 2.45) is 0 Å². The van der Waals surface area contributed by atoms with Crippen LogP contribution >= 0.6 is 23.2 Å². The molecule has 2 aliphatic rings. The lowest BCUT2D eigenvalue weighted by Crippen LogP contribution is -2.60. The Bertz CT molecular complexity index is 1030. The summed E-state index contributed by atoms with van der Waals surface area (Å²) in [5.41, 5.74) is 1.07. The van der Waals surface area contributed by atoms with Gasteiger partial charge in [0, 0.05) is 31.4 Å². The van der Waals surface area contributed by atoms with Crippen molar-refractivity contribution in [3.8, 4) is 6.07 Å². The normalized spacial score (nSPS) is 21.8. The molecule has 1 saturated carbocycles. The van der Waals surface area contributed by atoms with Gasteiger partial charge in [-0.1, -0.05) is 36.2 Å². The molecule has 1 amide bonds. The summed E-state index contributed by atoms with van der Waals surface area (Å²) in [6.45, 7) is 5.46. The van der Waals surface area contributed by atoms with E-state index in [9.17, 15) is 4.79 Å². The minimum absolute atomic E-state index is 0.00549. The molecule has 4 rings (SSSR count). The monoisotopic (exact) mass is 472 g/mol. The largest absolute Gasteiger partial charge is 0.360 e. The van der Waals surface area contributed by atoms with E-state index in [1.165, 1.54) is 0 Å². The molecule has 1 aromatic heterocycles. The molecule has 2 aromatic rings. The van der Waals surface area contributed by atoms with Crippen LogP contribution < -0.4 is 4.90 Å². The summed E-state index contributed by atoms with van der Waals surface area (Å²) in [7, 11) is 0. The van der Waals surface area contributed by atoms with Gasteiger partial charge in [-0.3, -0.25) is 4.79 Å². The number of nitriles is 1. The van der Waals surface area contributed by atoms with Gasteiger partial charge in [0.2, 0.25) is 5.91 Å². The molecule has 8 heteroatoms. The zero-order valence-electron chi connectivity index (χ0n) is 18.2. The van der Waals surface area contributed by atoms with Crippen molar-refractivity contribution in [2.75, 3.05) is 24.6 Å². The first-order chi connectivity index (χ1) is 15.4. The number of hydrogen-bond donors (Lipinski definition) is 0. The number of aromatic nitrogens is 1. The first-order valence-electron chi connectivity index (χ1n) is 10.9. The van der Waals surface area contributed by atoms with E-state index in [0.717, 1.165) is 30.6 Å². The van der Waals surface area contributed by atoms with Crippen LogP contribution in [0, 0.1) is 11.3 Å². The third-order valence-electron chi connectivity index (χ3n) is 6.37. The third-order valence-corrected chi connectivity index (χ3v) is 7.11. The first kappa shape index (κ1) is 22.8. The number of piperazine rings is 1. The van der Waals surface area contributed by atoms with Crippen molar-refractivity contribution < 1.29 is 9.53 Å². The van der Waals surface area contributed by atoms with Gasteiger partial charge in [0.15, 0.2) is 0 Å². The molecule has 2 atom stereocenters. The maximum absolute atomic E-state index is 13.0. The highest BCUT2D eigenvalue weighted by atomic mass is 35.5. The molecule has 1 aromatic carbocycles. The number of carbonyl (C=O) groups excluding carboxylic acids is 1. The number of pyridine rings is 1. The average Bonchev–Trinajstić information content (AvgIpc) is 3.60. The Morgan fingerprint density at radius 3 is 2.62 bits per heavy atom. The van der Waals surface area contributed by atoms with E-state index in [1.54, 1.807) is 18.3 Å². The summed E-state index contributed by atoms with van der Waals surface area (Å²) in [5, 5.41) is 10.0. The fraction of sp³-hybridized carbons (Fsp3) is 0.458. The number of halogens is 2. The van der Waals surface area contributed by atoms with E-state index in [-0.39, 0.29) is 24.6 Å². The van der Waals surface area contributed by atoms with Gasteiger partial charge < -0.3 is 14.5 Å². The van der Waals surface area contributed by atoms with Crippen molar-refractivity contribution in [3.63, 3.8) is 0 Å². The number of ether oxygens (including phenoxy) is 1. The van der Waals surface area contributed by atoms with Crippen molar-refractivity contribution in [1.29, 1.82) is 5.26 Å². The molecule has 2 unspecified atom stereocenters. The van der Waals surface area contributed by atoms with Gasteiger partial charge in [0.05, 0.1) is 21.2 Å². The molecular formula is C24H26Cl2N4O2. The van der Waals surface area contributed by atoms with Crippen molar-refractivity contribution in [1.82, 2.24) is 9.88 Å². The molecular weight excluding hydrogens is 447 g/mol. The van der Waals surface area contributed by atoms with E-state index in [2.05, 4.69) is 29.8 Å². The molecule has 168 valence electrons. The van der Waals surface area contributed by atoms with Crippen LogP contribution in [0.3, 0.4) is 0 Å². The highest BCUT2D eigenvalue weighted by molar-refractivity contribution is 6.42. The summed E-state index contributed by atoms with van der Waals surface area (Å²) in [6.07, 6.45) is 4.21. The lowest BCUT2D eigenvalue weighted by molar-refractivity contribution is -0.140. The second-order valence-corrected chi connectivity index (χ2v) is 9.36. The second-order valence-electron chi connectivity index (χ2n) is 8.55. The lowest BCUT2D eigenvalue weighted by atomic mass is 10.0. The summed E-state index contributed by atoms with van der Waals surface area (Å²) >= 11 is 12.2. The Labute approximate surface area is 198 Å². The van der Waals surface area contributed by atoms with Crippen molar-refractivity contribution >= 4 is 34.9 Å². The molecule has 1 aliphatic heterocycles. The number of anilines is 1. The first-order valence-corrected chi connectivity index (χ1v) is 11.6. The predicted octanol–water partition coefficient (Wildman–Crippen LogP) is 4.78. The SMILES string of the molecule is CCC1CN(C(=O)COC2(c3ccc(Cl)c(Cl)c3)CC2)CC(C)N1c1ccc(C#N)cn1. The molecule has 2 fully saturated rings. The van der Waals surface area contributed by atoms with Crippen LogP contribution in [0.15, 0.2) is 36.5 Å². The molecule has 32 heavy (non-hydrogen) atoms. The number of nitrogens with zero attached hydrogens (tertiary/aromatic N) is 4. The highest BCUT2D eigenvalue weighted by Gasteiger charge is 2.47. The van der Waals surface area contributed by atoms with Crippen LogP contribution in [0.4, 0.5) is 5.82 Å². The van der Waals surface area contributed by atoms with E-state index in [0.29, 0.717) is 28.7 Å². The standard InChI is InChI=1S/C24H26Cl2N4O2/c1-3-19-14-29(13-16(2)30(19)22-7-4-17(11-27)12-28-22)23(31)15-32-24(8-9-24)18-5-6-20(25)21(26)10-18/h4-7,10,12,16,19H,3,8-9,13-15H2,1-2H3. The molecule has 1 aliphatic carbocycles. The number of benzene rings is 1. The number of rotatable bonds is 6. The van der Waals surface area contributed by atoms with Gasteiger partial charge in [0.25, 0.3) is 0 Å². The zero-order chi connectivity index (χ0) is 22.9. The van der Waals surface area contributed by atoms with Crippen LogP contribution in [0.2, 0.25) is 10.0 Å². The van der Waals surface area contributed by atoms with Crippen molar-refractivity contribution in [2.45, 2.75) is 50.8 Å². The van der Waals surface area contributed by atoms with E-state index in [4.69, 9.17) is 33.2 Å². The second kappa shape index (κ2) is 9.27. The summed E-state index contributed by atoms with van der Waals surface area (Å²) in [5.74, 6) is 0.831. The van der Waals surface area contributed by atoms with Gasteiger partial charge >= 0.3 is 0 Å². The van der Waals surface area contributed by atoms with Crippen molar-refractivity contribution in [3.05, 3.63) is 57.7 Å². The van der Waals surface area contributed by atoms with E-state index >= 15 is 0 Å². The molecule has 0 radical (unpaired) electrons. The van der Waals surface area contributed by atoms with E-state index < -0.39 is 5.60 Å². The summed E-state index contributed by atoms with van der Waals surface area (Å²) in [6, 6.07) is 11.5. The van der Waals surface area contributed by atoms with Crippen LogP contribution in [0.25, 0.3) is 0 Å². The summed E-state index contributed by atoms with van der Waals surface area (Å²) < 4.78 is 6.13. The van der Waals surface area contributed by atoms with Crippen LogP contribution in [-0.4, -0.2) is 47.6 Å². The molecule has 0 bridgehead atoms. The maximum Gasteiger partial charge on any atom is 0.248 e. The zero-order valence-corrected chi connectivity index (χ0v) is 19.7. The molecule has 2 heterocycles. The Balaban J connectivity index is 1.40. The minimum atomic E-state index is -0.437. The average molecular weight is 473 g/mol. The Morgan fingerprint density at radius 2 is 2.03 bits per heavy atom. The topological polar surface area (TPSA) is 69.5 Å². The molecule has 0 N–H and O–H groups in total. The predicted molar refractivity (Wildman–Crippen MR) is 125 cm³/mol. The minimum Gasteiger partial charge on any atom is -0.360 e. The Hall–Kier alpha value is -2.33. The molecule has 6 nitrogen and oxygen atoms in total. The van der Waals surface area contributed by atoms with Crippen LogP contribution in [0.1, 0.15) is 44.2 Å². The third kappa shape index (κ3) is 4.56. The van der Waals surface area contributed by atoms with E-state index in [1.807, 2.05) is 23.1 Å². The Kier molecular flexibility index (Phi) is 6.62.